The zero-order valence-corrected chi connectivity index (χ0v) is 18.8. The first-order valence-electron chi connectivity index (χ1n) is 8.05. The standard InChI is InChI=1S/C16H21ClN4O3S3/c1-9(2)25-16-20-19-15(26-16)18-14(22)11(4)21(27(5,23)24)13-8-12(17)7-6-10(13)3/h6-9,11H,1-5H3,(H,18,19,22)/t11-/m0/s1. The summed E-state index contributed by atoms with van der Waals surface area (Å²) >= 11 is 8.81. The molecule has 2 aromatic rings. The molecular formula is C16H21ClN4O3S3. The van der Waals surface area contributed by atoms with Crippen molar-refractivity contribution in [2.45, 2.75) is 43.3 Å². The normalized spacial score (nSPS) is 12.9. The molecule has 11 heteroatoms. The number of aromatic nitrogens is 2. The van der Waals surface area contributed by atoms with E-state index in [1.54, 1.807) is 19.1 Å². The van der Waals surface area contributed by atoms with Gasteiger partial charge in [-0.05, 0) is 31.5 Å². The number of carbonyl (C=O) groups excluding carboxylic acids is 1. The Bertz CT molecular complexity index is 931. The van der Waals surface area contributed by atoms with Gasteiger partial charge in [0.15, 0.2) is 4.34 Å². The lowest BCUT2D eigenvalue weighted by Crippen LogP contribution is -2.45. The van der Waals surface area contributed by atoms with Gasteiger partial charge in [-0.1, -0.05) is 54.6 Å². The van der Waals surface area contributed by atoms with Gasteiger partial charge in [0.05, 0.1) is 11.9 Å². The first kappa shape index (κ1) is 21.9. The van der Waals surface area contributed by atoms with Crippen molar-refractivity contribution in [2.24, 2.45) is 0 Å². The number of amides is 1. The highest BCUT2D eigenvalue weighted by atomic mass is 35.5. The van der Waals surface area contributed by atoms with Gasteiger partial charge in [-0.15, -0.1) is 10.2 Å². The van der Waals surface area contributed by atoms with Crippen molar-refractivity contribution in [1.29, 1.82) is 0 Å². The number of rotatable bonds is 7. The number of hydrogen-bond acceptors (Lipinski definition) is 7. The van der Waals surface area contributed by atoms with Crippen LogP contribution >= 0.6 is 34.7 Å². The number of halogens is 1. The van der Waals surface area contributed by atoms with Gasteiger partial charge in [0.2, 0.25) is 21.1 Å². The van der Waals surface area contributed by atoms with Crippen molar-refractivity contribution in [3.8, 4) is 0 Å². The molecule has 0 aliphatic carbocycles. The number of aryl methyl sites for hydroxylation is 1. The van der Waals surface area contributed by atoms with Gasteiger partial charge in [-0.3, -0.25) is 14.4 Å². The van der Waals surface area contributed by atoms with Gasteiger partial charge in [-0.2, -0.15) is 0 Å². The molecule has 0 aliphatic rings. The fourth-order valence-corrected chi connectivity index (χ4v) is 5.69. The summed E-state index contributed by atoms with van der Waals surface area (Å²) in [6.07, 6.45) is 1.06. The molecule has 0 radical (unpaired) electrons. The molecule has 1 atom stereocenters. The minimum atomic E-state index is -3.73. The van der Waals surface area contributed by atoms with Gasteiger partial charge in [-0.25, -0.2) is 8.42 Å². The Kier molecular flexibility index (Phi) is 7.12. The molecule has 0 bridgehead atoms. The minimum Gasteiger partial charge on any atom is -0.299 e. The molecule has 1 aromatic heterocycles. The van der Waals surface area contributed by atoms with Crippen molar-refractivity contribution in [3.05, 3.63) is 28.8 Å². The molecule has 2 rings (SSSR count). The molecule has 0 aliphatic heterocycles. The summed E-state index contributed by atoms with van der Waals surface area (Å²) in [7, 11) is -3.73. The van der Waals surface area contributed by atoms with E-state index in [4.69, 9.17) is 11.6 Å². The van der Waals surface area contributed by atoms with Crippen LogP contribution in [0.1, 0.15) is 26.3 Å². The van der Waals surface area contributed by atoms with Crippen LogP contribution in [0, 0.1) is 6.92 Å². The van der Waals surface area contributed by atoms with E-state index in [9.17, 15) is 13.2 Å². The Morgan fingerprint density at radius 2 is 1.96 bits per heavy atom. The van der Waals surface area contributed by atoms with Gasteiger partial charge in [0.25, 0.3) is 0 Å². The molecule has 1 heterocycles. The van der Waals surface area contributed by atoms with Gasteiger partial charge >= 0.3 is 0 Å². The van der Waals surface area contributed by atoms with E-state index >= 15 is 0 Å². The second-order valence-electron chi connectivity index (χ2n) is 6.19. The maximum Gasteiger partial charge on any atom is 0.249 e. The first-order valence-corrected chi connectivity index (χ1v) is 12.0. The largest absolute Gasteiger partial charge is 0.299 e. The van der Waals surface area contributed by atoms with Gasteiger partial charge in [0, 0.05) is 10.3 Å². The average molecular weight is 449 g/mol. The summed E-state index contributed by atoms with van der Waals surface area (Å²) < 4.78 is 26.6. The zero-order chi connectivity index (χ0) is 20.4. The number of anilines is 2. The van der Waals surface area contributed by atoms with Crippen LogP contribution in [0.2, 0.25) is 5.02 Å². The molecule has 0 saturated carbocycles. The van der Waals surface area contributed by atoms with Gasteiger partial charge in [0.1, 0.15) is 6.04 Å². The molecule has 1 aromatic carbocycles. The maximum absolute atomic E-state index is 12.7. The fraction of sp³-hybridized carbons (Fsp3) is 0.438. The monoisotopic (exact) mass is 448 g/mol. The quantitative estimate of drug-likeness (QED) is 0.511. The summed E-state index contributed by atoms with van der Waals surface area (Å²) in [4.78, 5) is 12.7. The summed E-state index contributed by atoms with van der Waals surface area (Å²) in [6, 6.07) is 3.91. The van der Waals surface area contributed by atoms with Crippen LogP contribution in [0.4, 0.5) is 10.8 Å². The van der Waals surface area contributed by atoms with Crippen molar-refractivity contribution < 1.29 is 13.2 Å². The molecule has 148 valence electrons. The fourth-order valence-electron chi connectivity index (χ4n) is 2.32. The minimum absolute atomic E-state index is 0.325. The van der Waals surface area contributed by atoms with E-state index in [0.29, 0.717) is 26.7 Å². The van der Waals surface area contributed by atoms with Crippen molar-refractivity contribution in [1.82, 2.24) is 10.2 Å². The Balaban J connectivity index is 2.27. The van der Waals surface area contributed by atoms with E-state index in [1.165, 1.54) is 36.1 Å². The third-order valence-corrected chi connectivity index (χ3v) is 6.86. The third-order valence-electron chi connectivity index (χ3n) is 3.47. The highest BCUT2D eigenvalue weighted by Crippen LogP contribution is 2.30. The van der Waals surface area contributed by atoms with Crippen LogP contribution in [-0.4, -0.2) is 42.1 Å². The second-order valence-corrected chi connectivity index (χ2v) is 11.3. The molecule has 1 N–H and O–H groups in total. The highest BCUT2D eigenvalue weighted by molar-refractivity contribution is 8.01. The van der Waals surface area contributed by atoms with E-state index in [2.05, 4.69) is 15.5 Å². The van der Waals surface area contributed by atoms with Crippen molar-refractivity contribution >= 4 is 61.4 Å². The second kappa shape index (κ2) is 8.76. The molecule has 1 amide bonds. The molecule has 7 nitrogen and oxygen atoms in total. The lowest BCUT2D eigenvalue weighted by atomic mass is 10.2. The Hall–Kier alpha value is -1.36. The SMILES string of the molecule is Cc1ccc(Cl)cc1N([C@@H](C)C(=O)Nc1nnc(SC(C)C)s1)S(C)(=O)=O. The summed E-state index contributed by atoms with van der Waals surface area (Å²) in [6.45, 7) is 7.34. The lowest BCUT2D eigenvalue weighted by Gasteiger charge is -2.29. The van der Waals surface area contributed by atoms with E-state index in [0.717, 1.165) is 14.9 Å². The van der Waals surface area contributed by atoms with Crippen LogP contribution in [0.3, 0.4) is 0 Å². The smallest absolute Gasteiger partial charge is 0.249 e. The first-order chi connectivity index (χ1) is 12.5. The topological polar surface area (TPSA) is 92.3 Å². The molecule has 0 fully saturated rings. The number of benzene rings is 1. The number of hydrogen-bond donors (Lipinski definition) is 1. The van der Waals surface area contributed by atoms with Crippen molar-refractivity contribution in [2.75, 3.05) is 15.9 Å². The third kappa shape index (κ3) is 5.81. The van der Waals surface area contributed by atoms with Gasteiger partial charge < -0.3 is 0 Å². The van der Waals surface area contributed by atoms with Crippen LogP contribution < -0.4 is 9.62 Å². The summed E-state index contributed by atoms with van der Waals surface area (Å²) in [5.74, 6) is -0.503. The Morgan fingerprint density at radius 1 is 1.30 bits per heavy atom. The average Bonchev–Trinajstić information content (AvgIpc) is 2.95. The molecule has 0 spiro atoms. The Labute approximate surface area is 172 Å². The Morgan fingerprint density at radius 3 is 2.56 bits per heavy atom. The number of nitrogens with one attached hydrogen (secondary N) is 1. The lowest BCUT2D eigenvalue weighted by molar-refractivity contribution is -0.116. The van der Waals surface area contributed by atoms with E-state index < -0.39 is 22.0 Å². The maximum atomic E-state index is 12.7. The number of nitrogens with zero attached hydrogens (tertiary/aromatic N) is 3. The number of thioether (sulfide) groups is 1. The predicted molar refractivity (Wildman–Crippen MR) is 113 cm³/mol. The van der Waals surface area contributed by atoms with E-state index in [1.807, 2.05) is 13.8 Å². The molecular weight excluding hydrogens is 428 g/mol. The van der Waals surface area contributed by atoms with Crippen LogP contribution in [0.15, 0.2) is 22.5 Å². The molecule has 27 heavy (non-hydrogen) atoms. The summed E-state index contributed by atoms with van der Waals surface area (Å²) in [5, 5.41) is 11.7. The predicted octanol–water partition coefficient (Wildman–Crippen LogP) is 3.79. The van der Waals surface area contributed by atoms with Crippen LogP contribution in [0.25, 0.3) is 0 Å². The van der Waals surface area contributed by atoms with E-state index in [-0.39, 0.29) is 0 Å². The van der Waals surface area contributed by atoms with Crippen LogP contribution in [-0.2, 0) is 14.8 Å². The highest BCUT2D eigenvalue weighted by Gasteiger charge is 2.31. The zero-order valence-electron chi connectivity index (χ0n) is 15.6. The number of carbonyl (C=O) groups is 1. The van der Waals surface area contributed by atoms with Crippen LogP contribution in [0.5, 0.6) is 0 Å². The summed E-state index contributed by atoms with van der Waals surface area (Å²) in [5.41, 5.74) is 1.05. The molecule has 0 saturated heterocycles. The van der Waals surface area contributed by atoms with Crippen molar-refractivity contribution in [3.63, 3.8) is 0 Å². The number of sulfonamides is 1. The molecule has 0 unspecified atom stereocenters.